The Morgan fingerprint density at radius 2 is 1.97 bits per heavy atom. The number of nitrogens with two attached hydrogens (primary N) is 1. The predicted molar refractivity (Wildman–Crippen MR) is 133 cm³/mol. The van der Waals surface area contributed by atoms with Gasteiger partial charge in [-0.05, 0) is 54.1 Å². The van der Waals surface area contributed by atoms with Gasteiger partial charge in [-0.2, -0.15) is 0 Å². The van der Waals surface area contributed by atoms with E-state index in [0.717, 1.165) is 27.4 Å². The Kier molecular flexibility index (Phi) is 6.74. The molecule has 0 aromatic heterocycles. The Balaban J connectivity index is 1.50. The number of fused-ring (bicyclic) bond motifs is 1. The van der Waals surface area contributed by atoms with E-state index in [1.165, 1.54) is 0 Å². The van der Waals surface area contributed by atoms with E-state index < -0.39 is 10.8 Å². The van der Waals surface area contributed by atoms with Crippen molar-refractivity contribution in [1.82, 2.24) is 5.32 Å². The Labute approximate surface area is 195 Å². The third-order valence-corrected chi connectivity index (χ3v) is 6.38. The molecule has 0 fully saturated rings. The van der Waals surface area contributed by atoms with Crippen LogP contribution in [0.25, 0.3) is 0 Å². The normalized spacial score (nSPS) is 13.9. The summed E-state index contributed by atoms with van der Waals surface area (Å²) in [5.41, 5.74) is 10.9. The van der Waals surface area contributed by atoms with E-state index in [4.69, 9.17) is 10.5 Å². The summed E-state index contributed by atoms with van der Waals surface area (Å²) in [5, 5.41) is 2.93. The van der Waals surface area contributed by atoms with Crippen molar-refractivity contribution >= 4 is 40.0 Å². The minimum Gasteiger partial charge on any atom is -0.490 e. The lowest BCUT2D eigenvalue weighted by Gasteiger charge is -2.32. The van der Waals surface area contributed by atoms with E-state index >= 15 is 0 Å². The van der Waals surface area contributed by atoms with Gasteiger partial charge >= 0.3 is 0 Å². The van der Waals surface area contributed by atoms with Crippen molar-refractivity contribution in [3.8, 4) is 5.75 Å². The summed E-state index contributed by atoms with van der Waals surface area (Å²) in [4.78, 5) is 19.7. The molecule has 170 valence electrons. The van der Waals surface area contributed by atoms with Gasteiger partial charge in [0.05, 0.1) is 12.2 Å². The first-order valence-electron chi connectivity index (χ1n) is 10.5. The zero-order valence-corrected chi connectivity index (χ0v) is 19.4. The summed E-state index contributed by atoms with van der Waals surface area (Å²) in [5.74, 6) is 0.474. The van der Waals surface area contributed by atoms with Crippen molar-refractivity contribution in [2.75, 3.05) is 37.1 Å². The van der Waals surface area contributed by atoms with Crippen LogP contribution in [-0.2, 0) is 17.3 Å². The highest BCUT2D eigenvalue weighted by Crippen LogP contribution is 2.38. The molecule has 7 nitrogen and oxygen atoms in total. The van der Waals surface area contributed by atoms with Crippen LogP contribution in [0.15, 0.2) is 70.6 Å². The SMILES string of the molecule is CN=Cc1cc(N2CCOc3cc(C(=O)NCc4ccc(S(C)=O)cc4)ccc32)ccc1N. The molecule has 3 aromatic rings. The second kappa shape index (κ2) is 9.87. The molecule has 0 aliphatic carbocycles. The van der Waals surface area contributed by atoms with Gasteiger partial charge in [-0.15, -0.1) is 0 Å². The van der Waals surface area contributed by atoms with Crippen LogP contribution < -0.4 is 20.7 Å². The highest BCUT2D eigenvalue weighted by Gasteiger charge is 2.21. The maximum absolute atomic E-state index is 12.7. The second-order valence-electron chi connectivity index (χ2n) is 7.66. The standard InChI is InChI=1S/C25H26N4O3S/c1-27-16-19-13-20(6-9-22(19)26)29-11-12-32-24-14-18(5-10-23(24)29)25(30)28-15-17-3-7-21(8-4-17)33(2)31/h3-10,13-14,16H,11-12,15,26H2,1-2H3,(H,28,30). The fraction of sp³-hybridized carbons (Fsp3) is 0.200. The van der Waals surface area contributed by atoms with Gasteiger partial charge in [0.1, 0.15) is 12.4 Å². The number of carbonyl (C=O) groups excluding carboxylic acids is 1. The molecule has 1 amide bonds. The summed E-state index contributed by atoms with van der Waals surface area (Å²) in [7, 11) is 0.694. The van der Waals surface area contributed by atoms with Crippen molar-refractivity contribution in [3.05, 3.63) is 77.4 Å². The number of amides is 1. The Bertz CT molecular complexity index is 1220. The zero-order valence-electron chi connectivity index (χ0n) is 18.6. The molecule has 33 heavy (non-hydrogen) atoms. The van der Waals surface area contributed by atoms with Crippen LogP contribution >= 0.6 is 0 Å². The number of hydrogen-bond donors (Lipinski definition) is 2. The molecular formula is C25H26N4O3S. The maximum atomic E-state index is 12.7. The number of ether oxygens (including phenoxy) is 1. The number of benzene rings is 3. The molecule has 3 aromatic carbocycles. The van der Waals surface area contributed by atoms with Crippen LogP contribution in [0.2, 0.25) is 0 Å². The van der Waals surface area contributed by atoms with Gasteiger partial charge < -0.3 is 20.7 Å². The van der Waals surface area contributed by atoms with Crippen LogP contribution in [-0.4, -0.2) is 42.8 Å². The smallest absolute Gasteiger partial charge is 0.251 e. The van der Waals surface area contributed by atoms with Gasteiger partial charge in [-0.1, -0.05) is 12.1 Å². The molecule has 0 saturated heterocycles. The average Bonchev–Trinajstić information content (AvgIpc) is 2.83. The molecule has 0 bridgehead atoms. The highest BCUT2D eigenvalue weighted by molar-refractivity contribution is 7.84. The molecule has 0 saturated carbocycles. The third kappa shape index (κ3) is 5.06. The maximum Gasteiger partial charge on any atom is 0.251 e. The summed E-state index contributed by atoms with van der Waals surface area (Å²) in [6.07, 6.45) is 3.38. The lowest BCUT2D eigenvalue weighted by atomic mass is 10.1. The van der Waals surface area contributed by atoms with Crippen molar-refractivity contribution in [3.63, 3.8) is 0 Å². The van der Waals surface area contributed by atoms with Crippen molar-refractivity contribution in [2.45, 2.75) is 11.4 Å². The molecule has 1 heterocycles. The topological polar surface area (TPSA) is 97.0 Å². The van der Waals surface area contributed by atoms with Crippen LogP contribution in [0.1, 0.15) is 21.5 Å². The Morgan fingerprint density at radius 3 is 2.70 bits per heavy atom. The van der Waals surface area contributed by atoms with E-state index in [2.05, 4.69) is 15.2 Å². The van der Waals surface area contributed by atoms with E-state index in [1.54, 1.807) is 31.7 Å². The number of anilines is 3. The molecule has 4 rings (SSSR count). The molecule has 1 unspecified atom stereocenters. The van der Waals surface area contributed by atoms with Crippen LogP contribution in [0.4, 0.5) is 17.1 Å². The van der Waals surface area contributed by atoms with E-state index in [0.29, 0.717) is 36.7 Å². The van der Waals surface area contributed by atoms with Gasteiger partial charge in [-0.3, -0.25) is 14.0 Å². The van der Waals surface area contributed by atoms with Crippen LogP contribution in [0.5, 0.6) is 5.75 Å². The van der Waals surface area contributed by atoms with Gasteiger partial charge in [-0.25, -0.2) is 0 Å². The Morgan fingerprint density at radius 1 is 1.18 bits per heavy atom. The van der Waals surface area contributed by atoms with Crippen LogP contribution in [0.3, 0.4) is 0 Å². The largest absolute Gasteiger partial charge is 0.490 e. The molecule has 1 aliphatic rings. The minimum atomic E-state index is -1.02. The van der Waals surface area contributed by atoms with Gasteiger partial charge in [0.2, 0.25) is 0 Å². The summed E-state index contributed by atoms with van der Waals surface area (Å²) < 4.78 is 17.4. The fourth-order valence-corrected chi connectivity index (χ4v) is 4.21. The van der Waals surface area contributed by atoms with Crippen molar-refractivity contribution in [1.29, 1.82) is 0 Å². The third-order valence-electron chi connectivity index (χ3n) is 5.44. The monoisotopic (exact) mass is 462 g/mol. The molecule has 1 aliphatic heterocycles. The summed E-state index contributed by atoms with van der Waals surface area (Å²) in [6, 6.07) is 18.7. The lowest BCUT2D eigenvalue weighted by Crippen LogP contribution is -2.29. The fourth-order valence-electron chi connectivity index (χ4n) is 3.69. The molecule has 0 spiro atoms. The number of nitrogens with zero attached hydrogens (tertiary/aromatic N) is 2. The number of aliphatic imine (C=N–C) groups is 1. The predicted octanol–water partition coefficient (Wildman–Crippen LogP) is 3.52. The number of nitrogen functional groups attached to an aromatic ring is 1. The molecule has 0 radical (unpaired) electrons. The number of nitrogens with one attached hydrogen (secondary N) is 1. The highest BCUT2D eigenvalue weighted by atomic mass is 32.2. The lowest BCUT2D eigenvalue weighted by molar-refractivity contribution is 0.0950. The molecule has 1 atom stereocenters. The first-order valence-corrected chi connectivity index (χ1v) is 12.1. The number of hydrogen-bond acceptors (Lipinski definition) is 6. The van der Waals surface area contributed by atoms with E-state index in [1.807, 2.05) is 48.5 Å². The second-order valence-corrected chi connectivity index (χ2v) is 9.04. The quantitative estimate of drug-likeness (QED) is 0.432. The number of carbonyl (C=O) groups is 1. The van der Waals surface area contributed by atoms with Crippen molar-refractivity contribution in [2.24, 2.45) is 4.99 Å². The van der Waals surface area contributed by atoms with Gasteiger partial charge in [0.15, 0.2) is 0 Å². The molecule has 8 heteroatoms. The van der Waals surface area contributed by atoms with Crippen molar-refractivity contribution < 1.29 is 13.7 Å². The first-order chi connectivity index (χ1) is 16.0. The van der Waals surface area contributed by atoms with Gasteiger partial charge in [0.25, 0.3) is 5.91 Å². The molecule has 3 N–H and O–H groups in total. The van der Waals surface area contributed by atoms with Crippen LogP contribution in [0, 0.1) is 0 Å². The minimum absolute atomic E-state index is 0.185. The number of rotatable bonds is 6. The molecular weight excluding hydrogens is 436 g/mol. The zero-order chi connectivity index (χ0) is 23.4. The summed E-state index contributed by atoms with van der Waals surface area (Å²) in [6.45, 7) is 1.57. The van der Waals surface area contributed by atoms with Gasteiger partial charge in [0, 0.05) is 64.3 Å². The van der Waals surface area contributed by atoms with E-state index in [9.17, 15) is 9.00 Å². The summed E-state index contributed by atoms with van der Waals surface area (Å²) >= 11 is 0. The Hall–Kier alpha value is -3.65. The average molecular weight is 463 g/mol. The first kappa shape index (κ1) is 22.5. The van der Waals surface area contributed by atoms with E-state index in [-0.39, 0.29) is 5.91 Å².